The van der Waals surface area contributed by atoms with Crippen molar-refractivity contribution < 1.29 is 4.39 Å². The lowest BCUT2D eigenvalue weighted by Gasteiger charge is -2.09. The average Bonchev–Trinajstić information content (AvgIpc) is 2.86. The Morgan fingerprint density at radius 2 is 2.24 bits per heavy atom. The van der Waals surface area contributed by atoms with E-state index >= 15 is 0 Å². The van der Waals surface area contributed by atoms with Gasteiger partial charge in [0.1, 0.15) is 16.5 Å². The summed E-state index contributed by atoms with van der Waals surface area (Å²) >= 11 is 3.36. The zero-order valence-corrected chi connectivity index (χ0v) is 12.6. The van der Waals surface area contributed by atoms with E-state index in [9.17, 15) is 9.18 Å². The summed E-state index contributed by atoms with van der Waals surface area (Å²) in [4.78, 5) is 20.5. The largest absolute Gasteiger partial charge is 0.306 e. The molecule has 21 heavy (non-hydrogen) atoms. The van der Waals surface area contributed by atoms with E-state index < -0.39 is 0 Å². The maximum atomic E-state index is 13.3. The normalized spacial score (nSPS) is 14.3. The quantitative estimate of drug-likeness (QED) is 0.742. The summed E-state index contributed by atoms with van der Waals surface area (Å²) in [5, 5.41) is 0.711. The van der Waals surface area contributed by atoms with Gasteiger partial charge < -0.3 is 4.98 Å². The molecule has 0 spiro atoms. The highest BCUT2D eigenvalue weighted by molar-refractivity contribution is 8.01. The number of hydrogen-bond donors (Lipinski definition) is 1. The number of rotatable bonds is 1. The van der Waals surface area contributed by atoms with Crippen molar-refractivity contribution >= 4 is 33.3 Å². The molecule has 3 aromatic rings. The third-order valence-electron chi connectivity index (χ3n) is 3.53. The zero-order chi connectivity index (χ0) is 14.4. The minimum Gasteiger partial charge on any atom is -0.306 e. The maximum Gasteiger partial charge on any atom is 0.260 e. The smallest absolute Gasteiger partial charge is 0.260 e. The van der Waals surface area contributed by atoms with Crippen LogP contribution < -0.4 is 5.56 Å². The van der Waals surface area contributed by atoms with Gasteiger partial charge in [-0.25, -0.2) is 9.37 Å². The van der Waals surface area contributed by atoms with Crippen LogP contribution in [0.1, 0.15) is 12.0 Å². The first kappa shape index (κ1) is 13.0. The van der Waals surface area contributed by atoms with Crippen molar-refractivity contribution in [3.8, 4) is 11.4 Å². The molecule has 0 bridgehead atoms. The Bertz CT molecular complexity index is 900. The van der Waals surface area contributed by atoms with E-state index in [1.54, 1.807) is 35.2 Å². The fourth-order valence-corrected chi connectivity index (χ4v) is 5.11. The van der Waals surface area contributed by atoms with E-state index in [0.29, 0.717) is 16.8 Å². The van der Waals surface area contributed by atoms with Crippen LogP contribution >= 0.6 is 23.1 Å². The Labute approximate surface area is 128 Å². The van der Waals surface area contributed by atoms with Crippen molar-refractivity contribution in [1.29, 1.82) is 0 Å². The highest BCUT2D eigenvalue weighted by Gasteiger charge is 2.20. The highest BCUT2D eigenvalue weighted by Crippen LogP contribution is 2.40. The molecule has 1 aliphatic rings. The minimum atomic E-state index is -0.337. The molecule has 106 valence electrons. The van der Waals surface area contributed by atoms with Crippen LogP contribution in [0.15, 0.2) is 33.3 Å². The molecule has 0 amide bonds. The number of thioether (sulfide) groups is 1. The third-order valence-corrected chi connectivity index (χ3v) is 6.05. The summed E-state index contributed by atoms with van der Waals surface area (Å²) in [5.74, 6) is 1.18. The number of aryl methyl sites for hydroxylation is 1. The average molecular weight is 318 g/mol. The number of benzene rings is 1. The summed E-state index contributed by atoms with van der Waals surface area (Å²) < 4.78 is 14.5. The Balaban J connectivity index is 1.96. The van der Waals surface area contributed by atoms with E-state index in [4.69, 9.17) is 0 Å². The van der Waals surface area contributed by atoms with E-state index in [1.807, 2.05) is 0 Å². The number of aromatic amines is 1. The predicted molar refractivity (Wildman–Crippen MR) is 84.7 cm³/mol. The second-order valence-electron chi connectivity index (χ2n) is 4.93. The van der Waals surface area contributed by atoms with E-state index in [1.165, 1.54) is 16.3 Å². The van der Waals surface area contributed by atoms with Gasteiger partial charge in [0.15, 0.2) is 0 Å². The number of nitrogens with zero attached hydrogens (tertiary/aromatic N) is 1. The van der Waals surface area contributed by atoms with Crippen LogP contribution in [0, 0.1) is 5.82 Å². The van der Waals surface area contributed by atoms with Crippen molar-refractivity contribution in [3.05, 3.63) is 46.0 Å². The Hall–Kier alpha value is -1.66. The van der Waals surface area contributed by atoms with E-state index in [2.05, 4.69) is 9.97 Å². The number of aromatic nitrogens is 2. The van der Waals surface area contributed by atoms with Crippen molar-refractivity contribution in [2.75, 3.05) is 5.75 Å². The van der Waals surface area contributed by atoms with Gasteiger partial charge in [0, 0.05) is 5.56 Å². The van der Waals surface area contributed by atoms with Gasteiger partial charge in [-0.15, -0.1) is 23.1 Å². The van der Waals surface area contributed by atoms with Gasteiger partial charge in [0.25, 0.3) is 5.56 Å². The van der Waals surface area contributed by atoms with Gasteiger partial charge in [-0.05, 0) is 36.3 Å². The van der Waals surface area contributed by atoms with Gasteiger partial charge in [0.05, 0.1) is 9.60 Å². The van der Waals surface area contributed by atoms with Gasteiger partial charge in [-0.1, -0.05) is 12.1 Å². The summed E-state index contributed by atoms with van der Waals surface area (Å²) in [5.41, 5.74) is 1.60. The zero-order valence-electron chi connectivity index (χ0n) is 11.0. The van der Waals surface area contributed by atoms with Crippen LogP contribution in [0.5, 0.6) is 0 Å². The fourth-order valence-electron chi connectivity index (χ4n) is 2.57. The van der Waals surface area contributed by atoms with Crippen molar-refractivity contribution in [2.45, 2.75) is 17.1 Å². The molecule has 0 saturated carbocycles. The van der Waals surface area contributed by atoms with Gasteiger partial charge in [-0.3, -0.25) is 4.79 Å². The molecule has 1 aliphatic heterocycles. The van der Waals surface area contributed by atoms with Crippen LogP contribution in [0.4, 0.5) is 4.39 Å². The molecule has 1 aromatic carbocycles. The standard InChI is InChI=1S/C15H11FN2OS2/c16-9-4-1-3-8(7-9)12-17-13(19)11-10-5-2-6-20-15(10)21-14(11)18-12/h1,3-4,7H,2,5-6H2,(H,17,18,19). The predicted octanol–water partition coefficient (Wildman–Crippen LogP) is 3.83. The summed E-state index contributed by atoms with van der Waals surface area (Å²) in [6.45, 7) is 0. The minimum absolute atomic E-state index is 0.126. The lowest BCUT2D eigenvalue weighted by molar-refractivity contribution is 0.628. The molecule has 6 heteroatoms. The van der Waals surface area contributed by atoms with Crippen LogP contribution in [-0.4, -0.2) is 15.7 Å². The number of halogens is 1. The number of nitrogens with one attached hydrogen (secondary N) is 1. The van der Waals surface area contributed by atoms with Crippen LogP contribution in [0.2, 0.25) is 0 Å². The molecular formula is C15H11FN2OS2. The Morgan fingerprint density at radius 1 is 1.33 bits per heavy atom. The second-order valence-corrected chi connectivity index (χ2v) is 7.29. The summed E-state index contributed by atoms with van der Waals surface area (Å²) in [6.07, 6.45) is 2.03. The van der Waals surface area contributed by atoms with Crippen LogP contribution in [0.3, 0.4) is 0 Å². The van der Waals surface area contributed by atoms with Crippen LogP contribution in [0.25, 0.3) is 21.6 Å². The molecule has 3 nitrogen and oxygen atoms in total. The molecule has 0 fully saturated rings. The number of thiophene rings is 1. The SMILES string of the molecule is O=c1[nH]c(-c2cccc(F)c2)nc2sc3c(c12)CCCS3. The molecule has 3 heterocycles. The highest BCUT2D eigenvalue weighted by atomic mass is 32.2. The number of hydrogen-bond acceptors (Lipinski definition) is 4. The first-order valence-corrected chi connectivity index (χ1v) is 8.47. The van der Waals surface area contributed by atoms with Gasteiger partial charge >= 0.3 is 0 Å². The van der Waals surface area contributed by atoms with E-state index in [-0.39, 0.29) is 11.4 Å². The number of fused-ring (bicyclic) bond motifs is 3. The maximum absolute atomic E-state index is 13.3. The Morgan fingerprint density at radius 3 is 3.10 bits per heavy atom. The lowest BCUT2D eigenvalue weighted by atomic mass is 10.1. The number of H-pyrrole nitrogens is 1. The molecular weight excluding hydrogens is 307 g/mol. The lowest BCUT2D eigenvalue weighted by Crippen LogP contribution is -2.10. The first-order valence-electron chi connectivity index (χ1n) is 6.67. The molecule has 0 aliphatic carbocycles. The first-order chi connectivity index (χ1) is 10.2. The molecule has 2 aromatic heterocycles. The van der Waals surface area contributed by atoms with Gasteiger partial charge in [-0.2, -0.15) is 0 Å². The van der Waals surface area contributed by atoms with Crippen LogP contribution in [-0.2, 0) is 6.42 Å². The topological polar surface area (TPSA) is 45.8 Å². The van der Waals surface area contributed by atoms with Crippen molar-refractivity contribution in [2.24, 2.45) is 0 Å². The molecule has 0 saturated heterocycles. The summed E-state index contributed by atoms with van der Waals surface area (Å²) in [7, 11) is 0. The molecule has 1 N–H and O–H groups in total. The third kappa shape index (κ3) is 2.18. The molecule has 0 atom stereocenters. The summed E-state index contributed by atoms with van der Waals surface area (Å²) in [6, 6.07) is 6.12. The van der Waals surface area contributed by atoms with E-state index in [0.717, 1.165) is 29.0 Å². The monoisotopic (exact) mass is 318 g/mol. The van der Waals surface area contributed by atoms with Crippen molar-refractivity contribution in [3.63, 3.8) is 0 Å². The fraction of sp³-hybridized carbons (Fsp3) is 0.200. The van der Waals surface area contributed by atoms with Crippen molar-refractivity contribution in [1.82, 2.24) is 9.97 Å². The second kappa shape index (κ2) is 4.96. The Kier molecular flexibility index (Phi) is 3.08. The molecule has 4 rings (SSSR count). The molecule has 0 unspecified atom stereocenters. The van der Waals surface area contributed by atoms with Gasteiger partial charge in [0.2, 0.25) is 0 Å². The molecule has 0 radical (unpaired) electrons.